The predicted octanol–water partition coefficient (Wildman–Crippen LogP) is 3.76. The van der Waals surface area contributed by atoms with Gasteiger partial charge in [0.15, 0.2) is 0 Å². The number of carbonyl (C=O) groups is 1. The molecule has 1 N–H and O–H groups in total. The minimum absolute atomic E-state index is 0.251. The van der Waals surface area contributed by atoms with Crippen molar-refractivity contribution >= 4 is 6.09 Å². The summed E-state index contributed by atoms with van der Waals surface area (Å²) in [6.45, 7) is 14.9. The zero-order chi connectivity index (χ0) is 15.8. The third-order valence-electron chi connectivity index (χ3n) is 2.45. The smallest absolute Gasteiger partial charge is 0.410 e. The van der Waals surface area contributed by atoms with Crippen molar-refractivity contribution in [3.8, 4) is 0 Å². The zero-order valence-electron chi connectivity index (χ0n) is 13.9. The highest BCUT2D eigenvalue weighted by molar-refractivity contribution is 5.68. The van der Waals surface area contributed by atoms with Gasteiger partial charge in [-0.15, -0.1) is 0 Å². The Hall–Kier alpha value is -1.52. The van der Waals surface area contributed by atoms with Crippen molar-refractivity contribution in [3.05, 3.63) is 17.5 Å². The molecule has 1 amide bonds. The molecule has 0 radical (unpaired) electrons. The van der Waals surface area contributed by atoms with Crippen molar-refractivity contribution in [1.82, 2.24) is 15.1 Å². The monoisotopic (exact) mass is 283 g/mol. The highest BCUT2D eigenvalue weighted by atomic mass is 16.6. The van der Waals surface area contributed by atoms with E-state index in [-0.39, 0.29) is 6.09 Å². The van der Waals surface area contributed by atoms with Gasteiger partial charge in [0.05, 0.1) is 12.7 Å². The molecule has 0 saturated carbocycles. The number of fused-ring (bicyclic) bond motifs is 1. The van der Waals surface area contributed by atoms with Gasteiger partial charge >= 0.3 is 6.09 Å². The molecule has 1 aromatic heterocycles. The van der Waals surface area contributed by atoms with E-state index in [1.54, 1.807) is 11.1 Å². The first kappa shape index (κ1) is 18.5. The summed E-state index contributed by atoms with van der Waals surface area (Å²) in [7, 11) is 0. The number of hydrogen-bond donors (Lipinski definition) is 1. The molecule has 2 rings (SSSR count). The predicted molar refractivity (Wildman–Crippen MR) is 81.6 cm³/mol. The minimum Gasteiger partial charge on any atom is -0.444 e. The number of aromatic amines is 1. The second-order valence-corrected chi connectivity index (χ2v) is 5.03. The van der Waals surface area contributed by atoms with Crippen molar-refractivity contribution in [2.24, 2.45) is 0 Å². The third-order valence-corrected chi connectivity index (χ3v) is 2.45. The van der Waals surface area contributed by atoms with E-state index in [2.05, 4.69) is 10.2 Å². The highest BCUT2D eigenvalue weighted by Gasteiger charge is 2.26. The highest BCUT2D eigenvalue weighted by Crippen LogP contribution is 2.18. The Morgan fingerprint density at radius 1 is 1.30 bits per heavy atom. The van der Waals surface area contributed by atoms with Crippen LogP contribution in [0.2, 0.25) is 0 Å². The van der Waals surface area contributed by atoms with E-state index in [4.69, 9.17) is 4.74 Å². The third kappa shape index (κ3) is 5.63. The van der Waals surface area contributed by atoms with E-state index in [1.165, 1.54) is 0 Å². The Morgan fingerprint density at radius 3 is 2.45 bits per heavy atom. The number of nitrogens with zero attached hydrogens (tertiary/aromatic N) is 2. The van der Waals surface area contributed by atoms with E-state index in [9.17, 15) is 4.79 Å². The Morgan fingerprint density at radius 2 is 1.90 bits per heavy atom. The molecule has 0 aromatic carbocycles. The molecule has 0 atom stereocenters. The molecule has 0 fully saturated rings. The fraction of sp³-hybridized carbons (Fsp3) is 0.733. The SMILES string of the molecule is CC.CC.CC(C)(C)OC(=O)N1CCc2[nH]ncc2C1. The van der Waals surface area contributed by atoms with Gasteiger partial charge in [-0.25, -0.2) is 4.79 Å². The molecule has 2 heterocycles. The number of aromatic nitrogens is 2. The van der Waals surface area contributed by atoms with E-state index < -0.39 is 5.60 Å². The molecule has 0 bridgehead atoms. The molecule has 0 unspecified atom stereocenters. The summed E-state index contributed by atoms with van der Waals surface area (Å²) in [4.78, 5) is 13.5. The van der Waals surface area contributed by atoms with Gasteiger partial charge < -0.3 is 9.64 Å². The first-order valence-electron chi connectivity index (χ1n) is 7.45. The molecule has 1 aliphatic heterocycles. The summed E-state index contributed by atoms with van der Waals surface area (Å²) in [6.07, 6.45) is 2.33. The molecular formula is C15H29N3O2. The number of ether oxygens (including phenoxy) is 1. The second-order valence-electron chi connectivity index (χ2n) is 5.03. The quantitative estimate of drug-likeness (QED) is 0.788. The van der Waals surface area contributed by atoms with E-state index in [0.717, 1.165) is 17.7 Å². The summed E-state index contributed by atoms with van der Waals surface area (Å²) in [5.74, 6) is 0. The van der Waals surface area contributed by atoms with Crippen LogP contribution in [0.4, 0.5) is 4.79 Å². The fourth-order valence-corrected chi connectivity index (χ4v) is 1.70. The van der Waals surface area contributed by atoms with Crippen molar-refractivity contribution in [2.45, 2.75) is 67.0 Å². The summed E-state index contributed by atoms with van der Waals surface area (Å²) in [6, 6.07) is 0. The number of hydrogen-bond acceptors (Lipinski definition) is 3. The Balaban J connectivity index is 0.000000829. The number of nitrogens with one attached hydrogen (secondary N) is 1. The molecule has 1 aromatic rings. The molecule has 0 aliphatic carbocycles. The Bertz CT molecular complexity index is 394. The van der Waals surface area contributed by atoms with Crippen LogP contribution in [0, 0.1) is 0 Å². The molecule has 5 nitrogen and oxygen atoms in total. The maximum Gasteiger partial charge on any atom is 0.410 e. The van der Waals surface area contributed by atoms with E-state index in [1.807, 2.05) is 48.5 Å². The molecule has 0 spiro atoms. The van der Waals surface area contributed by atoms with E-state index in [0.29, 0.717) is 13.1 Å². The van der Waals surface area contributed by atoms with Crippen molar-refractivity contribution in [3.63, 3.8) is 0 Å². The summed E-state index contributed by atoms with van der Waals surface area (Å²) < 4.78 is 5.33. The molecule has 20 heavy (non-hydrogen) atoms. The normalized spacial score (nSPS) is 13.2. The maximum absolute atomic E-state index is 11.8. The van der Waals surface area contributed by atoms with Gasteiger partial charge in [-0.2, -0.15) is 5.10 Å². The van der Waals surface area contributed by atoms with Crippen LogP contribution in [0.15, 0.2) is 6.20 Å². The van der Waals surface area contributed by atoms with Gasteiger partial charge in [-0.1, -0.05) is 27.7 Å². The lowest BCUT2D eigenvalue weighted by molar-refractivity contribution is 0.0223. The van der Waals surface area contributed by atoms with Crippen molar-refractivity contribution < 1.29 is 9.53 Å². The van der Waals surface area contributed by atoms with Crippen LogP contribution in [0.1, 0.15) is 59.7 Å². The Labute approximate surface area is 122 Å². The number of H-pyrrole nitrogens is 1. The van der Waals surface area contributed by atoms with Gasteiger partial charge in [-0.05, 0) is 20.8 Å². The fourth-order valence-electron chi connectivity index (χ4n) is 1.70. The van der Waals surface area contributed by atoms with Crippen LogP contribution < -0.4 is 0 Å². The molecule has 1 aliphatic rings. The minimum atomic E-state index is -0.437. The van der Waals surface area contributed by atoms with Crippen LogP contribution in [0.3, 0.4) is 0 Å². The topological polar surface area (TPSA) is 58.2 Å². The van der Waals surface area contributed by atoms with Crippen LogP contribution >= 0.6 is 0 Å². The first-order valence-corrected chi connectivity index (χ1v) is 7.45. The Kier molecular flexibility index (Phi) is 7.96. The largest absolute Gasteiger partial charge is 0.444 e. The number of rotatable bonds is 0. The molecule has 0 saturated heterocycles. The van der Waals surface area contributed by atoms with Gasteiger partial charge in [0.25, 0.3) is 0 Å². The molecule has 116 valence electrons. The van der Waals surface area contributed by atoms with Crippen molar-refractivity contribution in [2.75, 3.05) is 6.54 Å². The van der Waals surface area contributed by atoms with Crippen molar-refractivity contribution in [1.29, 1.82) is 0 Å². The lowest BCUT2D eigenvalue weighted by Crippen LogP contribution is -2.39. The van der Waals surface area contributed by atoms with Crippen LogP contribution in [-0.4, -0.2) is 33.3 Å². The van der Waals surface area contributed by atoms with Crippen LogP contribution in [0.25, 0.3) is 0 Å². The maximum atomic E-state index is 11.8. The van der Waals surface area contributed by atoms with Crippen LogP contribution in [-0.2, 0) is 17.7 Å². The molecular weight excluding hydrogens is 254 g/mol. The van der Waals surface area contributed by atoms with Gasteiger partial charge in [0.2, 0.25) is 0 Å². The molecule has 5 heteroatoms. The summed E-state index contributed by atoms with van der Waals surface area (Å²) >= 11 is 0. The van der Waals surface area contributed by atoms with Gasteiger partial charge in [-0.3, -0.25) is 5.10 Å². The first-order chi connectivity index (χ1) is 9.46. The van der Waals surface area contributed by atoms with Gasteiger partial charge in [0.1, 0.15) is 5.60 Å². The lowest BCUT2D eigenvalue weighted by Gasteiger charge is -2.29. The average molecular weight is 283 g/mol. The lowest BCUT2D eigenvalue weighted by atomic mass is 10.1. The van der Waals surface area contributed by atoms with Crippen LogP contribution in [0.5, 0.6) is 0 Å². The number of carbonyl (C=O) groups excluding carboxylic acids is 1. The van der Waals surface area contributed by atoms with E-state index >= 15 is 0 Å². The summed E-state index contributed by atoms with van der Waals surface area (Å²) in [5.41, 5.74) is 1.77. The zero-order valence-corrected chi connectivity index (χ0v) is 13.9. The standard InChI is InChI=1S/C11H17N3O2.2C2H6/c1-11(2,3)16-10(15)14-5-4-9-8(7-14)6-12-13-9;2*1-2/h6H,4-5,7H2,1-3H3,(H,12,13);2*1-2H3. The second kappa shape index (κ2) is 8.61. The average Bonchev–Trinajstić information content (AvgIpc) is 2.88. The summed E-state index contributed by atoms with van der Waals surface area (Å²) in [5, 5.41) is 6.90. The number of amides is 1. The van der Waals surface area contributed by atoms with Gasteiger partial charge in [0, 0.05) is 24.2 Å².